The molecule has 0 saturated heterocycles. The van der Waals surface area contributed by atoms with Crippen molar-refractivity contribution in [1.82, 2.24) is 4.57 Å². The van der Waals surface area contributed by atoms with Crippen LogP contribution in [0.4, 0.5) is 0 Å². The molecule has 4 rings (SSSR count). The Kier molecular flexibility index (Phi) is 7.32. The van der Waals surface area contributed by atoms with Crippen LogP contribution in [0.5, 0.6) is 0 Å². The lowest BCUT2D eigenvalue weighted by Crippen LogP contribution is -2.40. The largest absolute Gasteiger partial charge is 0.463 e. The fourth-order valence-electron chi connectivity index (χ4n) is 3.76. The van der Waals surface area contributed by atoms with Gasteiger partial charge in [0.05, 0.1) is 34.3 Å². The SMILES string of the molecule is CCOC(=O)C1=c2s/c(=C\c3ccc(Cl)cc3Cl)c(=O)n2C(N)=C(C#N)[C@H]1c1ccc(Cl)cc1Cl. The third-order valence-electron chi connectivity index (χ3n) is 5.29. The molecule has 0 unspecified atom stereocenters. The zero-order valence-corrected chi connectivity index (χ0v) is 21.8. The van der Waals surface area contributed by atoms with Gasteiger partial charge in [0, 0.05) is 20.1 Å². The second kappa shape index (κ2) is 10.1. The third-order valence-corrected chi connectivity index (χ3v) is 7.52. The quantitative estimate of drug-likeness (QED) is 0.468. The maximum absolute atomic E-state index is 13.4. The molecule has 1 aliphatic rings. The summed E-state index contributed by atoms with van der Waals surface area (Å²) in [4.78, 5) is 26.6. The first-order valence-electron chi connectivity index (χ1n) is 10.1. The van der Waals surface area contributed by atoms with Crippen molar-refractivity contribution in [1.29, 1.82) is 5.26 Å². The van der Waals surface area contributed by atoms with Crippen molar-refractivity contribution in [2.45, 2.75) is 12.8 Å². The first kappa shape index (κ1) is 25.4. The number of hydrogen-bond donors (Lipinski definition) is 1. The Labute approximate surface area is 223 Å². The van der Waals surface area contributed by atoms with Gasteiger partial charge >= 0.3 is 5.97 Å². The number of hydrogen-bond acceptors (Lipinski definition) is 6. The number of carbonyl (C=O) groups excluding carboxylic acids is 1. The van der Waals surface area contributed by atoms with Crippen LogP contribution in [0.3, 0.4) is 0 Å². The van der Waals surface area contributed by atoms with Crippen LogP contribution in [-0.4, -0.2) is 17.1 Å². The van der Waals surface area contributed by atoms with E-state index in [1.807, 2.05) is 6.07 Å². The van der Waals surface area contributed by atoms with Crippen molar-refractivity contribution in [2.24, 2.45) is 5.73 Å². The molecule has 0 spiro atoms. The fourth-order valence-corrected chi connectivity index (χ4v) is 5.90. The number of nitrogens with zero attached hydrogens (tertiary/aromatic N) is 2. The lowest BCUT2D eigenvalue weighted by molar-refractivity contribution is -0.136. The average Bonchev–Trinajstić information content (AvgIpc) is 3.11. The number of aromatic nitrogens is 1. The highest BCUT2D eigenvalue weighted by Crippen LogP contribution is 2.40. The second-order valence-electron chi connectivity index (χ2n) is 7.37. The molecule has 0 fully saturated rings. The van der Waals surface area contributed by atoms with Crippen LogP contribution in [0, 0.1) is 11.3 Å². The number of rotatable bonds is 4. The van der Waals surface area contributed by atoms with Gasteiger partial charge in [-0.05, 0) is 48.4 Å². The number of nitrogens with two attached hydrogens (primary N) is 1. The first-order valence-corrected chi connectivity index (χ1v) is 12.5. The molecule has 0 aliphatic carbocycles. The molecule has 3 aromatic rings. The summed E-state index contributed by atoms with van der Waals surface area (Å²) in [5.41, 5.74) is 6.86. The molecular weight excluding hydrogens is 552 g/mol. The van der Waals surface area contributed by atoms with Crippen LogP contribution in [0.2, 0.25) is 20.1 Å². The van der Waals surface area contributed by atoms with Crippen molar-refractivity contribution in [3.8, 4) is 6.07 Å². The molecule has 0 radical (unpaired) electrons. The lowest BCUT2D eigenvalue weighted by atomic mass is 9.84. The number of fused-ring (bicyclic) bond motifs is 1. The van der Waals surface area contributed by atoms with E-state index in [2.05, 4.69) is 0 Å². The standard InChI is InChI=1S/C24H15Cl4N3O3S/c1-2-34-24(33)20-19(14-6-5-13(26)9-17(14)28)15(10-29)21(30)31-22(32)18(35-23(20)31)7-11-3-4-12(25)8-16(11)27/h3-9,19H,2,30H2,1H3/b18-7-/t19-/m1/s1. The molecule has 1 aliphatic heterocycles. The maximum atomic E-state index is 13.4. The van der Waals surface area contributed by atoms with E-state index >= 15 is 0 Å². The van der Waals surface area contributed by atoms with Gasteiger partial charge in [0.1, 0.15) is 10.5 Å². The molecule has 6 nitrogen and oxygen atoms in total. The summed E-state index contributed by atoms with van der Waals surface area (Å²) in [6.45, 7) is 1.74. The van der Waals surface area contributed by atoms with E-state index in [-0.39, 0.29) is 37.8 Å². The zero-order chi connectivity index (χ0) is 25.4. The van der Waals surface area contributed by atoms with Gasteiger partial charge in [0.2, 0.25) is 0 Å². The number of halogens is 4. The van der Waals surface area contributed by atoms with E-state index in [0.29, 0.717) is 26.2 Å². The van der Waals surface area contributed by atoms with E-state index < -0.39 is 17.4 Å². The average molecular weight is 567 g/mol. The van der Waals surface area contributed by atoms with Crippen molar-refractivity contribution < 1.29 is 9.53 Å². The lowest BCUT2D eigenvalue weighted by Gasteiger charge is -2.25. The number of benzene rings is 2. The second-order valence-corrected chi connectivity index (χ2v) is 10.1. The molecule has 0 bridgehead atoms. The highest BCUT2D eigenvalue weighted by molar-refractivity contribution is 7.07. The van der Waals surface area contributed by atoms with Gasteiger partial charge in [0.15, 0.2) is 0 Å². The van der Waals surface area contributed by atoms with Gasteiger partial charge in [-0.3, -0.25) is 9.36 Å². The Morgan fingerprint density at radius 3 is 2.43 bits per heavy atom. The molecule has 2 N–H and O–H groups in total. The Morgan fingerprint density at radius 1 is 1.17 bits per heavy atom. The van der Waals surface area contributed by atoms with Crippen LogP contribution in [0.25, 0.3) is 17.5 Å². The van der Waals surface area contributed by atoms with Crippen LogP contribution in [0.1, 0.15) is 24.0 Å². The molecule has 35 heavy (non-hydrogen) atoms. The Balaban J connectivity index is 2.12. The molecule has 11 heteroatoms. The van der Waals surface area contributed by atoms with E-state index in [1.54, 1.807) is 43.3 Å². The van der Waals surface area contributed by atoms with Gasteiger partial charge in [-0.15, -0.1) is 11.3 Å². The van der Waals surface area contributed by atoms with Gasteiger partial charge in [-0.1, -0.05) is 58.5 Å². The monoisotopic (exact) mass is 565 g/mol. The molecule has 2 heterocycles. The Hall–Kier alpha value is -2.73. The maximum Gasteiger partial charge on any atom is 0.338 e. The number of carbonyl (C=O) groups is 1. The number of ether oxygens (including phenoxy) is 1. The normalized spacial score (nSPS) is 15.7. The summed E-state index contributed by atoms with van der Waals surface area (Å²) < 4.78 is 6.93. The highest BCUT2D eigenvalue weighted by atomic mass is 35.5. The summed E-state index contributed by atoms with van der Waals surface area (Å²) in [5, 5.41) is 11.4. The van der Waals surface area contributed by atoms with E-state index in [9.17, 15) is 14.9 Å². The van der Waals surface area contributed by atoms with Crippen molar-refractivity contribution in [2.75, 3.05) is 6.61 Å². The molecular formula is C24H15Cl4N3O3S. The first-order chi connectivity index (χ1) is 16.7. The molecule has 0 saturated carbocycles. The molecule has 178 valence electrons. The van der Waals surface area contributed by atoms with Gasteiger partial charge in [-0.2, -0.15) is 5.26 Å². The minimum absolute atomic E-state index is 0.0132. The van der Waals surface area contributed by atoms with E-state index in [1.165, 1.54) is 6.07 Å². The Bertz CT molecular complexity index is 1630. The van der Waals surface area contributed by atoms with Crippen LogP contribution in [0.15, 0.2) is 46.8 Å². The number of allylic oxidation sites excluding steroid dienone is 1. The van der Waals surface area contributed by atoms with Crippen LogP contribution < -0.4 is 20.5 Å². The number of esters is 1. The van der Waals surface area contributed by atoms with E-state index in [0.717, 1.165) is 15.9 Å². The molecule has 2 aromatic carbocycles. The zero-order valence-electron chi connectivity index (χ0n) is 17.9. The summed E-state index contributed by atoms with van der Waals surface area (Å²) in [7, 11) is 0. The minimum Gasteiger partial charge on any atom is -0.463 e. The Morgan fingerprint density at radius 2 is 1.83 bits per heavy atom. The van der Waals surface area contributed by atoms with Gasteiger partial charge in [0.25, 0.3) is 5.56 Å². The molecule has 1 aromatic heterocycles. The predicted molar refractivity (Wildman–Crippen MR) is 140 cm³/mol. The topological polar surface area (TPSA) is 98.1 Å². The smallest absolute Gasteiger partial charge is 0.338 e. The van der Waals surface area contributed by atoms with Gasteiger partial charge in [-0.25, -0.2) is 4.79 Å². The molecule has 0 amide bonds. The van der Waals surface area contributed by atoms with Crippen LogP contribution in [-0.2, 0) is 9.53 Å². The minimum atomic E-state index is -0.964. The fraction of sp³-hybridized carbons (Fsp3) is 0.125. The number of thiazole rings is 1. The predicted octanol–water partition coefficient (Wildman–Crippen LogP) is 4.51. The molecule has 1 atom stereocenters. The highest BCUT2D eigenvalue weighted by Gasteiger charge is 2.37. The van der Waals surface area contributed by atoms with Crippen molar-refractivity contribution in [3.05, 3.63) is 92.7 Å². The van der Waals surface area contributed by atoms with Crippen molar-refractivity contribution >= 4 is 81.2 Å². The summed E-state index contributed by atoms with van der Waals surface area (Å²) >= 11 is 25.8. The number of nitriles is 1. The summed E-state index contributed by atoms with van der Waals surface area (Å²) in [6, 6.07) is 11.6. The summed E-state index contributed by atoms with van der Waals surface area (Å²) in [5.74, 6) is -1.77. The van der Waals surface area contributed by atoms with Crippen molar-refractivity contribution in [3.63, 3.8) is 0 Å². The van der Waals surface area contributed by atoms with Gasteiger partial charge < -0.3 is 10.5 Å². The van der Waals surface area contributed by atoms with E-state index in [4.69, 9.17) is 56.9 Å². The van der Waals surface area contributed by atoms with Crippen LogP contribution >= 0.6 is 57.7 Å². The third kappa shape index (κ3) is 4.61. The summed E-state index contributed by atoms with van der Waals surface area (Å²) in [6.07, 6.45) is 1.57.